The Morgan fingerprint density at radius 2 is 2.06 bits per heavy atom. The van der Waals surface area contributed by atoms with Crippen LogP contribution in [0, 0.1) is 35.0 Å². The zero-order chi connectivity index (χ0) is 12.9. The van der Waals surface area contributed by atoms with E-state index < -0.39 is 5.41 Å². The zero-order valence-corrected chi connectivity index (χ0v) is 9.87. The second-order valence-electron chi connectivity index (χ2n) is 6.26. The van der Waals surface area contributed by atoms with E-state index in [0.29, 0.717) is 17.4 Å². The number of carbonyl (C=O) groups is 2. The highest BCUT2D eigenvalue weighted by Gasteiger charge is 2.88. The monoisotopic (exact) mass is 239 g/mol. The lowest BCUT2D eigenvalue weighted by atomic mass is 9.76. The molecule has 0 radical (unpaired) electrons. The molecule has 4 saturated carbocycles. The third kappa shape index (κ3) is 0.730. The fourth-order valence-corrected chi connectivity index (χ4v) is 5.36. The molecule has 2 heteroatoms. The van der Waals surface area contributed by atoms with Crippen molar-refractivity contribution in [3.8, 4) is 0 Å². The van der Waals surface area contributed by atoms with Crippen molar-refractivity contribution in [1.82, 2.24) is 0 Å². The van der Waals surface area contributed by atoms with Crippen LogP contribution in [0.3, 0.4) is 0 Å². The van der Waals surface area contributed by atoms with E-state index in [0.717, 1.165) is 6.42 Å². The van der Waals surface area contributed by atoms with Crippen molar-refractivity contribution < 1.29 is 11.0 Å². The van der Waals surface area contributed by atoms with E-state index >= 15 is 0 Å². The van der Waals surface area contributed by atoms with E-state index in [9.17, 15) is 9.59 Å². The molecule has 7 atom stereocenters. The van der Waals surface area contributed by atoms with Crippen LogP contribution in [0.2, 0.25) is 0 Å². The predicted octanol–water partition coefficient (Wildman–Crippen LogP) is 2.34. The maximum absolute atomic E-state index is 12.8. The van der Waals surface area contributed by atoms with Gasteiger partial charge in [-0.15, -0.1) is 0 Å². The molecular formula is C16H14O2. The van der Waals surface area contributed by atoms with Crippen molar-refractivity contribution in [3.63, 3.8) is 0 Å². The molecule has 0 saturated heterocycles. The summed E-state index contributed by atoms with van der Waals surface area (Å²) in [6, 6.07) is 9.23. The quantitative estimate of drug-likeness (QED) is 0.586. The van der Waals surface area contributed by atoms with Gasteiger partial charge < -0.3 is 0 Å². The van der Waals surface area contributed by atoms with E-state index in [2.05, 4.69) is 0 Å². The van der Waals surface area contributed by atoms with E-state index in [1.54, 1.807) is 0 Å². The average molecular weight is 239 g/mol. The lowest BCUT2D eigenvalue weighted by Crippen LogP contribution is -2.35. The zero-order valence-electron chi connectivity index (χ0n) is 10.9. The standard InChI is InChI=1S/C16H14O2/c17-14(8-4-2-1-3-5-8)16-12-9-6-10(13(12)16)11(7-9)15(16)18/h1-5,9-13H,6-7H2/i7D. The number of fused-ring (bicyclic) bond motifs is 3. The van der Waals surface area contributed by atoms with Crippen LogP contribution in [0.4, 0.5) is 0 Å². The van der Waals surface area contributed by atoms with E-state index in [4.69, 9.17) is 1.37 Å². The minimum Gasteiger partial charge on any atom is -0.298 e. The van der Waals surface area contributed by atoms with Crippen molar-refractivity contribution in [2.45, 2.75) is 12.8 Å². The Balaban J connectivity index is 1.63. The van der Waals surface area contributed by atoms with Crippen molar-refractivity contribution in [3.05, 3.63) is 35.9 Å². The summed E-state index contributed by atoms with van der Waals surface area (Å²) in [5.74, 6) is 1.15. The van der Waals surface area contributed by atoms with Gasteiger partial charge in [-0.3, -0.25) is 9.59 Å². The lowest BCUT2D eigenvalue weighted by Gasteiger charge is -2.24. The molecule has 0 spiro atoms. The molecule has 18 heavy (non-hydrogen) atoms. The molecule has 5 rings (SSSR count). The molecule has 2 bridgehead atoms. The number of carbonyl (C=O) groups excluding carboxylic acids is 2. The summed E-state index contributed by atoms with van der Waals surface area (Å²) >= 11 is 0. The number of rotatable bonds is 2. The number of hydrogen-bond donors (Lipinski definition) is 0. The largest absolute Gasteiger partial charge is 0.298 e. The fourth-order valence-electron chi connectivity index (χ4n) is 5.36. The highest BCUT2D eigenvalue weighted by molar-refractivity contribution is 6.21. The minimum absolute atomic E-state index is 0.0391. The SMILES string of the molecule is [2H]C1C2CC3C1C(=O)C1(C(=O)c4ccccc4)C2C31. The van der Waals surface area contributed by atoms with Crippen LogP contribution in [0.25, 0.3) is 0 Å². The van der Waals surface area contributed by atoms with Gasteiger partial charge in [0, 0.05) is 12.9 Å². The summed E-state index contributed by atoms with van der Waals surface area (Å²) in [7, 11) is 0. The van der Waals surface area contributed by atoms with E-state index in [-0.39, 0.29) is 35.7 Å². The molecular weight excluding hydrogens is 224 g/mol. The Bertz CT molecular complexity index is 625. The van der Waals surface area contributed by atoms with Crippen LogP contribution in [0.15, 0.2) is 30.3 Å². The smallest absolute Gasteiger partial charge is 0.177 e. The van der Waals surface area contributed by atoms with Crippen LogP contribution in [0.5, 0.6) is 0 Å². The first kappa shape index (κ1) is 8.63. The molecule has 2 nitrogen and oxygen atoms in total. The third-order valence-corrected chi connectivity index (χ3v) is 5.83. The van der Waals surface area contributed by atoms with Crippen LogP contribution in [0.1, 0.15) is 24.5 Å². The van der Waals surface area contributed by atoms with Crippen molar-refractivity contribution >= 4 is 11.6 Å². The summed E-state index contributed by atoms with van der Waals surface area (Å²) in [5, 5.41) is 0. The maximum Gasteiger partial charge on any atom is 0.177 e. The highest BCUT2D eigenvalue weighted by Crippen LogP contribution is 2.84. The molecule has 1 aromatic rings. The Kier molecular flexibility index (Phi) is 1.25. The molecule has 7 unspecified atom stereocenters. The van der Waals surface area contributed by atoms with Gasteiger partial charge in [-0.25, -0.2) is 0 Å². The second kappa shape index (κ2) is 2.61. The van der Waals surface area contributed by atoms with Crippen molar-refractivity contribution in [2.75, 3.05) is 0 Å². The third-order valence-electron chi connectivity index (χ3n) is 5.83. The number of Topliss-reactive ketones (excluding diaryl/α,β-unsaturated/α-hetero) is 2. The summed E-state index contributed by atoms with van der Waals surface area (Å²) in [5.41, 5.74) is -0.0243. The van der Waals surface area contributed by atoms with Crippen molar-refractivity contribution in [1.29, 1.82) is 0 Å². The number of hydrogen-bond acceptors (Lipinski definition) is 2. The van der Waals surface area contributed by atoms with Crippen molar-refractivity contribution in [2.24, 2.45) is 35.0 Å². The maximum atomic E-state index is 12.8. The molecule has 0 amide bonds. The van der Waals surface area contributed by atoms with Crippen LogP contribution >= 0.6 is 0 Å². The molecule has 0 N–H and O–H groups in total. The van der Waals surface area contributed by atoms with Gasteiger partial charge in [-0.05, 0) is 36.5 Å². The predicted molar refractivity (Wildman–Crippen MR) is 64.9 cm³/mol. The summed E-state index contributed by atoms with van der Waals surface area (Å²) in [6.45, 7) is 0. The fraction of sp³-hybridized carbons (Fsp3) is 0.500. The molecule has 4 fully saturated rings. The van der Waals surface area contributed by atoms with Gasteiger partial charge in [0.1, 0.15) is 0 Å². The Morgan fingerprint density at radius 3 is 2.78 bits per heavy atom. The second-order valence-corrected chi connectivity index (χ2v) is 6.26. The van der Waals surface area contributed by atoms with Gasteiger partial charge in [0.25, 0.3) is 0 Å². The first-order valence-electron chi connectivity index (χ1n) is 7.33. The molecule has 4 aliphatic carbocycles. The van der Waals surface area contributed by atoms with Gasteiger partial charge in [-0.1, -0.05) is 30.3 Å². The first-order chi connectivity index (χ1) is 9.19. The Hall–Kier alpha value is -1.44. The Morgan fingerprint density at radius 1 is 1.28 bits per heavy atom. The van der Waals surface area contributed by atoms with Crippen LogP contribution < -0.4 is 0 Å². The minimum atomic E-state index is -0.697. The van der Waals surface area contributed by atoms with Crippen LogP contribution in [-0.2, 0) is 4.79 Å². The highest BCUT2D eigenvalue weighted by atomic mass is 16.2. The van der Waals surface area contributed by atoms with Gasteiger partial charge in [0.05, 0.1) is 5.41 Å². The first-order valence-corrected chi connectivity index (χ1v) is 6.75. The molecule has 0 aromatic heterocycles. The normalized spacial score (nSPS) is 54.7. The summed E-state index contributed by atoms with van der Waals surface area (Å²) < 4.78 is 8.15. The molecule has 0 heterocycles. The van der Waals surface area contributed by atoms with Gasteiger partial charge in [-0.2, -0.15) is 0 Å². The molecule has 0 aliphatic heterocycles. The lowest BCUT2D eigenvalue weighted by molar-refractivity contribution is -0.127. The van der Waals surface area contributed by atoms with Gasteiger partial charge in [0.2, 0.25) is 0 Å². The topological polar surface area (TPSA) is 34.1 Å². The summed E-state index contributed by atoms with van der Waals surface area (Å²) in [6.07, 6.45) is 0.793. The molecule has 90 valence electrons. The molecule has 4 aliphatic rings. The van der Waals surface area contributed by atoms with E-state index in [1.165, 1.54) is 0 Å². The Labute approximate surface area is 107 Å². The average Bonchev–Trinajstić information content (AvgIpc) is 2.75. The van der Waals surface area contributed by atoms with Crippen LogP contribution in [-0.4, -0.2) is 11.6 Å². The van der Waals surface area contributed by atoms with E-state index in [1.807, 2.05) is 30.3 Å². The number of benzene rings is 1. The van der Waals surface area contributed by atoms with Gasteiger partial charge >= 0.3 is 0 Å². The van der Waals surface area contributed by atoms with Gasteiger partial charge in [0.15, 0.2) is 11.6 Å². The number of ketones is 2. The molecule has 1 aromatic carbocycles. The summed E-state index contributed by atoms with van der Waals surface area (Å²) in [4.78, 5) is 25.5.